The summed E-state index contributed by atoms with van der Waals surface area (Å²) in [6.45, 7) is 5.21. The van der Waals surface area contributed by atoms with E-state index in [1.807, 2.05) is 37.6 Å². The molecule has 0 amide bonds. The second kappa shape index (κ2) is 5.70. The minimum absolute atomic E-state index is 0.265. The molecule has 0 aliphatic heterocycles. The molecule has 5 nitrogen and oxygen atoms in total. The molecule has 1 heterocycles. The first-order chi connectivity index (χ1) is 7.80. The molecule has 1 N–H and O–H groups in total. The molecule has 0 fully saturated rings. The van der Waals surface area contributed by atoms with Crippen LogP contribution < -0.4 is 4.72 Å². The van der Waals surface area contributed by atoms with Gasteiger partial charge in [-0.2, -0.15) is 11.3 Å². The molecule has 1 rings (SSSR count). The van der Waals surface area contributed by atoms with Crippen molar-refractivity contribution in [3.8, 4) is 0 Å². The van der Waals surface area contributed by atoms with Crippen LogP contribution in [0.2, 0.25) is 0 Å². The van der Waals surface area contributed by atoms with E-state index in [1.165, 1.54) is 11.3 Å². The molecule has 0 saturated carbocycles. The third-order valence-electron chi connectivity index (χ3n) is 2.08. The molecule has 96 valence electrons. The summed E-state index contributed by atoms with van der Waals surface area (Å²) in [7, 11) is -1.32. The summed E-state index contributed by atoms with van der Waals surface area (Å²) in [6, 6.07) is 1.31. The molecule has 0 bridgehead atoms. The van der Waals surface area contributed by atoms with Gasteiger partial charge in [0.15, 0.2) is 0 Å². The molecule has 0 aliphatic rings. The van der Waals surface area contributed by atoms with Gasteiger partial charge in [0, 0.05) is 4.92 Å². The van der Waals surface area contributed by atoms with Crippen LogP contribution in [0, 0.1) is 10.1 Å². The van der Waals surface area contributed by atoms with Gasteiger partial charge in [-0.3, -0.25) is 10.1 Å². The Morgan fingerprint density at radius 2 is 2.24 bits per heavy atom. The molecule has 17 heavy (non-hydrogen) atoms. The van der Waals surface area contributed by atoms with E-state index in [-0.39, 0.29) is 6.54 Å². The maximum absolute atomic E-state index is 11.9. The lowest BCUT2D eigenvalue weighted by atomic mass is 10.2. The highest BCUT2D eigenvalue weighted by molar-refractivity contribution is 7.84. The normalized spacial score (nSPS) is 15.5. The van der Waals surface area contributed by atoms with Crippen molar-refractivity contribution in [1.82, 2.24) is 4.72 Å². The summed E-state index contributed by atoms with van der Waals surface area (Å²) < 4.78 is 14.3. The van der Waals surface area contributed by atoms with Crippen molar-refractivity contribution in [3.05, 3.63) is 32.5 Å². The Bertz CT molecular complexity index is 398. The molecule has 0 saturated heterocycles. The molecule has 0 spiro atoms. The number of rotatable bonds is 5. The van der Waals surface area contributed by atoms with Crippen molar-refractivity contribution < 1.29 is 9.13 Å². The molecular formula is C10H16N2O3S2. The zero-order valence-corrected chi connectivity index (χ0v) is 11.6. The third kappa shape index (κ3) is 4.53. The fourth-order valence-corrected chi connectivity index (χ4v) is 2.68. The first kappa shape index (κ1) is 14.3. The number of hydrogen-bond donors (Lipinski definition) is 1. The van der Waals surface area contributed by atoms with Crippen LogP contribution in [-0.2, 0) is 11.0 Å². The molecule has 7 heteroatoms. The van der Waals surface area contributed by atoms with Crippen LogP contribution in [0.4, 0.5) is 0 Å². The largest absolute Gasteiger partial charge is 0.264 e. The van der Waals surface area contributed by atoms with Crippen LogP contribution in [0.15, 0.2) is 16.8 Å². The second-order valence-corrected chi connectivity index (χ2v) is 7.40. The fraction of sp³-hybridized carbons (Fsp3) is 0.600. The van der Waals surface area contributed by atoms with E-state index in [4.69, 9.17) is 0 Å². The summed E-state index contributed by atoms with van der Waals surface area (Å²) in [6.07, 6.45) is 0. The molecule has 1 aromatic rings. The Morgan fingerprint density at radius 1 is 1.59 bits per heavy atom. The van der Waals surface area contributed by atoms with E-state index in [1.54, 1.807) is 0 Å². The first-order valence-electron chi connectivity index (χ1n) is 5.12. The van der Waals surface area contributed by atoms with Gasteiger partial charge >= 0.3 is 0 Å². The molecular weight excluding hydrogens is 260 g/mol. The average molecular weight is 276 g/mol. The second-order valence-electron chi connectivity index (χ2n) is 4.62. The maximum atomic E-state index is 11.9. The van der Waals surface area contributed by atoms with Crippen molar-refractivity contribution in [1.29, 1.82) is 0 Å². The monoisotopic (exact) mass is 276 g/mol. The van der Waals surface area contributed by atoms with Crippen LogP contribution in [0.1, 0.15) is 32.4 Å². The number of nitrogens with one attached hydrogen (secondary N) is 1. The van der Waals surface area contributed by atoms with E-state index in [0.717, 1.165) is 5.56 Å². The third-order valence-corrected chi connectivity index (χ3v) is 4.40. The number of nitrogens with zero attached hydrogens (tertiary/aromatic N) is 1. The van der Waals surface area contributed by atoms with Gasteiger partial charge in [-0.25, -0.2) is 8.93 Å². The Hall–Kier alpha value is -0.790. The van der Waals surface area contributed by atoms with Crippen LogP contribution in [0.25, 0.3) is 0 Å². The smallest absolute Gasteiger partial charge is 0.224 e. The van der Waals surface area contributed by atoms with Gasteiger partial charge < -0.3 is 0 Å². The highest BCUT2D eigenvalue weighted by atomic mass is 32.2. The van der Waals surface area contributed by atoms with Gasteiger partial charge in [0.25, 0.3) is 0 Å². The lowest BCUT2D eigenvalue weighted by molar-refractivity contribution is -0.483. The predicted octanol–water partition coefficient (Wildman–Crippen LogP) is 2.12. The number of thiophene rings is 1. The number of nitro groups is 1. The van der Waals surface area contributed by atoms with Crippen molar-refractivity contribution in [2.24, 2.45) is 0 Å². The Kier molecular flexibility index (Phi) is 4.79. The van der Waals surface area contributed by atoms with Crippen LogP contribution in [-0.4, -0.2) is 20.4 Å². The van der Waals surface area contributed by atoms with Crippen molar-refractivity contribution in [3.63, 3.8) is 0 Å². The van der Waals surface area contributed by atoms with E-state index in [0.29, 0.717) is 0 Å². The summed E-state index contributed by atoms with van der Waals surface area (Å²) in [5, 5.41) is 14.3. The molecule has 0 aromatic carbocycles. The van der Waals surface area contributed by atoms with Crippen LogP contribution in [0.3, 0.4) is 0 Å². The Morgan fingerprint density at radius 3 is 2.65 bits per heavy atom. The van der Waals surface area contributed by atoms with Crippen molar-refractivity contribution in [2.75, 3.05) is 6.54 Å². The molecule has 0 radical (unpaired) electrons. The zero-order chi connectivity index (χ0) is 13.1. The summed E-state index contributed by atoms with van der Waals surface area (Å²) in [5.41, 5.74) is 0.810. The summed E-state index contributed by atoms with van der Waals surface area (Å²) in [4.78, 5) is 10.2. The van der Waals surface area contributed by atoms with Crippen molar-refractivity contribution in [2.45, 2.75) is 31.6 Å². The quantitative estimate of drug-likeness (QED) is 0.661. The summed E-state index contributed by atoms with van der Waals surface area (Å²) >= 11 is 1.47. The minimum Gasteiger partial charge on any atom is -0.264 e. The fourth-order valence-electron chi connectivity index (χ4n) is 1.14. The Labute approximate surface area is 107 Å². The van der Waals surface area contributed by atoms with Gasteiger partial charge in [0.1, 0.15) is 6.04 Å². The summed E-state index contributed by atoms with van der Waals surface area (Å²) in [5.74, 6) is 0. The average Bonchev–Trinajstić information content (AvgIpc) is 2.66. The van der Waals surface area contributed by atoms with Gasteiger partial charge in [0.05, 0.1) is 15.7 Å². The van der Waals surface area contributed by atoms with Gasteiger partial charge in [-0.15, -0.1) is 0 Å². The Balaban J connectivity index is 2.79. The maximum Gasteiger partial charge on any atom is 0.224 e. The highest BCUT2D eigenvalue weighted by Crippen LogP contribution is 2.19. The lowest BCUT2D eigenvalue weighted by Gasteiger charge is -2.21. The molecule has 0 unspecified atom stereocenters. The highest BCUT2D eigenvalue weighted by Gasteiger charge is 2.26. The zero-order valence-electron chi connectivity index (χ0n) is 10.0. The molecule has 1 aromatic heterocycles. The minimum atomic E-state index is -1.32. The lowest BCUT2D eigenvalue weighted by Crippen LogP contribution is -2.38. The van der Waals surface area contributed by atoms with Crippen LogP contribution in [0.5, 0.6) is 0 Å². The van der Waals surface area contributed by atoms with E-state index < -0.39 is 26.7 Å². The topological polar surface area (TPSA) is 72.2 Å². The molecule has 2 atom stereocenters. The SMILES string of the molecule is CC(C)(C)[S@](=O)N[C@H](C[N+](=O)[O-])c1ccsc1. The van der Waals surface area contributed by atoms with E-state index in [9.17, 15) is 14.3 Å². The number of hydrogen-bond acceptors (Lipinski definition) is 4. The van der Waals surface area contributed by atoms with Crippen molar-refractivity contribution >= 4 is 22.3 Å². The van der Waals surface area contributed by atoms with E-state index >= 15 is 0 Å². The van der Waals surface area contributed by atoms with Gasteiger partial charge in [-0.05, 0) is 43.2 Å². The first-order valence-corrected chi connectivity index (χ1v) is 7.22. The standard InChI is InChI=1S/C10H16N2O3S2/c1-10(2,3)17(15)11-9(6-12(13)14)8-4-5-16-7-8/h4-5,7,9,11H,6H2,1-3H3/t9-,17+/m1/s1. The predicted molar refractivity (Wildman–Crippen MR) is 70.0 cm³/mol. The van der Waals surface area contributed by atoms with Gasteiger partial charge in [-0.1, -0.05) is 0 Å². The van der Waals surface area contributed by atoms with E-state index in [2.05, 4.69) is 4.72 Å². The van der Waals surface area contributed by atoms with Crippen LogP contribution >= 0.6 is 11.3 Å². The van der Waals surface area contributed by atoms with Gasteiger partial charge in [0.2, 0.25) is 6.54 Å². The molecule has 0 aliphatic carbocycles.